The molecule has 7 rings (SSSR count). The molecule has 0 atom stereocenters. The van der Waals surface area contributed by atoms with Crippen molar-refractivity contribution in [1.82, 2.24) is 35.1 Å². The zero-order valence-electron chi connectivity index (χ0n) is 21.0. The SMILES string of the molecule is C=C(Nc1cncc(-c2cc3c(-c4nc5c(-c6ccc(C)s6)cncc5[nH]4)n[nH]c3cn2)c1)C1CCCC1. The Morgan fingerprint density at radius 2 is 1.89 bits per heavy atom. The first kappa shape index (κ1) is 22.8. The van der Waals surface area contributed by atoms with Gasteiger partial charge < -0.3 is 10.3 Å². The first-order valence-corrected chi connectivity index (χ1v) is 13.6. The fraction of sp³-hybridized carbons (Fsp3) is 0.207. The van der Waals surface area contributed by atoms with Crippen LogP contribution < -0.4 is 5.32 Å². The minimum atomic E-state index is 0.532. The number of hydrogen-bond acceptors (Lipinski definition) is 7. The number of allylic oxidation sites excluding steroid dienone is 1. The van der Waals surface area contributed by atoms with E-state index < -0.39 is 0 Å². The summed E-state index contributed by atoms with van der Waals surface area (Å²) in [5.41, 5.74) is 8.08. The van der Waals surface area contributed by atoms with Crippen molar-refractivity contribution in [3.63, 3.8) is 0 Å². The number of aryl methyl sites for hydroxylation is 1. The quantitative estimate of drug-likeness (QED) is 0.217. The fourth-order valence-corrected chi connectivity index (χ4v) is 6.15. The van der Waals surface area contributed by atoms with E-state index >= 15 is 0 Å². The zero-order chi connectivity index (χ0) is 25.6. The number of fused-ring (bicyclic) bond motifs is 2. The first-order chi connectivity index (χ1) is 18.6. The molecule has 0 aliphatic heterocycles. The summed E-state index contributed by atoms with van der Waals surface area (Å²) in [6, 6.07) is 8.35. The Labute approximate surface area is 223 Å². The fourth-order valence-electron chi connectivity index (χ4n) is 5.27. The minimum Gasteiger partial charge on any atom is -0.358 e. The molecule has 188 valence electrons. The number of aromatic nitrogens is 7. The molecule has 0 unspecified atom stereocenters. The topological polar surface area (TPSA) is 108 Å². The van der Waals surface area contributed by atoms with Crippen LogP contribution in [-0.4, -0.2) is 35.1 Å². The summed E-state index contributed by atoms with van der Waals surface area (Å²) in [6.07, 6.45) is 14.1. The van der Waals surface area contributed by atoms with E-state index in [1.807, 2.05) is 30.9 Å². The minimum absolute atomic E-state index is 0.532. The van der Waals surface area contributed by atoms with E-state index in [9.17, 15) is 0 Å². The van der Waals surface area contributed by atoms with E-state index in [-0.39, 0.29) is 0 Å². The number of H-pyrrole nitrogens is 2. The summed E-state index contributed by atoms with van der Waals surface area (Å²) < 4.78 is 0. The Hall–Kier alpha value is -4.37. The van der Waals surface area contributed by atoms with Gasteiger partial charge in [-0.05, 0) is 49.9 Å². The Morgan fingerprint density at radius 1 is 1.03 bits per heavy atom. The summed E-state index contributed by atoms with van der Waals surface area (Å²) in [6.45, 7) is 6.38. The molecular formula is C29H26N8S. The molecule has 6 heterocycles. The van der Waals surface area contributed by atoms with Crippen LogP contribution in [0.2, 0.25) is 0 Å². The highest BCUT2D eigenvalue weighted by Gasteiger charge is 2.19. The molecule has 3 N–H and O–H groups in total. The van der Waals surface area contributed by atoms with E-state index in [1.54, 1.807) is 17.5 Å². The molecule has 8 nitrogen and oxygen atoms in total. The average Bonchev–Trinajstić information content (AvgIpc) is 3.74. The average molecular weight is 519 g/mol. The number of nitrogens with one attached hydrogen (secondary N) is 3. The summed E-state index contributed by atoms with van der Waals surface area (Å²) in [4.78, 5) is 24.4. The molecule has 0 saturated heterocycles. The van der Waals surface area contributed by atoms with E-state index in [0.29, 0.717) is 11.7 Å². The second-order valence-corrected chi connectivity index (χ2v) is 11.1. The molecule has 1 aliphatic rings. The molecule has 6 aromatic rings. The molecular weight excluding hydrogens is 492 g/mol. The molecule has 0 amide bonds. The third-order valence-electron chi connectivity index (χ3n) is 7.26. The van der Waals surface area contributed by atoms with Gasteiger partial charge in [-0.1, -0.05) is 19.4 Å². The second kappa shape index (κ2) is 9.18. The van der Waals surface area contributed by atoms with Gasteiger partial charge in [-0.15, -0.1) is 11.3 Å². The number of nitrogens with zero attached hydrogens (tertiary/aromatic N) is 5. The number of anilines is 1. The predicted octanol–water partition coefficient (Wildman–Crippen LogP) is 7.11. The number of hydrogen-bond donors (Lipinski definition) is 3. The highest BCUT2D eigenvalue weighted by atomic mass is 32.1. The number of aromatic amines is 2. The van der Waals surface area contributed by atoms with Crippen LogP contribution in [0.4, 0.5) is 5.69 Å². The van der Waals surface area contributed by atoms with Crippen LogP contribution in [0.3, 0.4) is 0 Å². The van der Waals surface area contributed by atoms with Gasteiger partial charge in [0.15, 0.2) is 5.82 Å². The van der Waals surface area contributed by atoms with Crippen LogP contribution in [-0.2, 0) is 0 Å². The standard InChI is InChI=1S/C29H26N8S/c1-16-7-8-26(38-16)22-13-31-14-25-27(22)35-29(34-25)28-21-10-23(32-15-24(21)36-37-28)19-9-20(12-30-11-19)33-17(2)18-5-3-4-6-18/h7-15,18,33H,2-6H2,1H3,(H,34,35)(H,36,37). The molecule has 0 aromatic carbocycles. The zero-order valence-corrected chi connectivity index (χ0v) is 21.8. The third-order valence-corrected chi connectivity index (χ3v) is 8.29. The maximum absolute atomic E-state index is 4.95. The van der Waals surface area contributed by atoms with Gasteiger partial charge in [-0.2, -0.15) is 5.10 Å². The molecule has 1 aliphatic carbocycles. The molecule has 38 heavy (non-hydrogen) atoms. The summed E-state index contributed by atoms with van der Waals surface area (Å²) in [5.74, 6) is 1.22. The Bertz CT molecular complexity index is 1800. The molecule has 0 radical (unpaired) electrons. The largest absolute Gasteiger partial charge is 0.358 e. The van der Waals surface area contributed by atoms with Crippen molar-refractivity contribution >= 4 is 39.0 Å². The van der Waals surface area contributed by atoms with E-state index in [1.165, 1.54) is 30.6 Å². The van der Waals surface area contributed by atoms with Crippen LogP contribution in [0.1, 0.15) is 30.6 Å². The monoisotopic (exact) mass is 518 g/mol. The molecule has 9 heteroatoms. The molecule has 0 spiro atoms. The lowest BCUT2D eigenvalue weighted by Gasteiger charge is -2.15. The van der Waals surface area contributed by atoms with Gasteiger partial charge in [0.25, 0.3) is 0 Å². The van der Waals surface area contributed by atoms with Gasteiger partial charge in [-0.3, -0.25) is 20.1 Å². The number of rotatable bonds is 6. The Balaban J connectivity index is 1.24. The molecule has 1 fully saturated rings. The second-order valence-electron chi connectivity index (χ2n) is 9.86. The lowest BCUT2D eigenvalue weighted by atomic mass is 10.0. The van der Waals surface area contributed by atoms with Crippen LogP contribution in [0, 0.1) is 12.8 Å². The maximum Gasteiger partial charge on any atom is 0.159 e. The molecule has 6 aromatic heterocycles. The van der Waals surface area contributed by atoms with Crippen molar-refractivity contribution in [2.45, 2.75) is 32.6 Å². The van der Waals surface area contributed by atoms with Crippen LogP contribution in [0.5, 0.6) is 0 Å². The Kier molecular flexibility index (Phi) is 5.51. The smallest absolute Gasteiger partial charge is 0.159 e. The van der Waals surface area contributed by atoms with E-state index in [0.717, 1.165) is 60.7 Å². The van der Waals surface area contributed by atoms with Crippen molar-refractivity contribution in [2.24, 2.45) is 5.92 Å². The van der Waals surface area contributed by atoms with Gasteiger partial charge in [0.1, 0.15) is 11.2 Å². The summed E-state index contributed by atoms with van der Waals surface area (Å²) >= 11 is 1.74. The number of pyridine rings is 3. The summed E-state index contributed by atoms with van der Waals surface area (Å²) in [5, 5.41) is 12.1. The third kappa shape index (κ3) is 4.05. The van der Waals surface area contributed by atoms with E-state index in [4.69, 9.17) is 4.98 Å². The van der Waals surface area contributed by atoms with Gasteiger partial charge in [0, 0.05) is 44.4 Å². The van der Waals surface area contributed by atoms with Crippen molar-refractivity contribution in [1.29, 1.82) is 0 Å². The maximum atomic E-state index is 4.95. The normalized spacial score (nSPS) is 14.0. The van der Waals surface area contributed by atoms with Crippen molar-refractivity contribution in [2.75, 3.05) is 5.32 Å². The van der Waals surface area contributed by atoms with Crippen molar-refractivity contribution in [3.8, 4) is 33.2 Å². The van der Waals surface area contributed by atoms with Crippen LogP contribution in [0.25, 0.3) is 55.2 Å². The lowest BCUT2D eigenvalue weighted by Crippen LogP contribution is -2.07. The predicted molar refractivity (Wildman–Crippen MR) is 153 cm³/mol. The van der Waals surface area contributed by atoms with Crippen molar-refractivity contribution < 1.29 is 0 Å². The first-order valence-electron chi connectivity index (χ1n) is 12.8. The summed E-state index contributed by atoms with van der Waals surface area (Å²) in [7, 11) is 0. The van der Waals surface area contributed by atoms with Gasteiger partial charge >= 0.3 is 0 Å². The van der Waals surface area contributed by atoms with Gasteiger partial charge in [-0.25, -0.2) is 4.98 Å². The number of thiophene rings is 1. The Morgan fingerprint density at radius 3 is 2.74 bits per heavy atom. The highest BCUT2D eigenvalue weighted by molar-refractivity contribution is 7.15. The van der Waals surface area contributed by atoms with E-state index in [2.05, 4.69) is 67.2 Å². The van der Waals surface area contributed by atoms with Crippen molar-refractivity contribution in [3.05, 3.63) is 72.4 Å². The highest BCUT2D eigenvalue weighted by Crippen LogP contribution is 2.35. The van der Waals surface area contributed by atoms with Gasteiger partial charge in [0.05, 0.1) is 41.0 Å². The van der Waals surface area contributed by atoms with Crippen LogP contribution >= 0.6 is 11.3 Å². The van der Waals surface area contributed by atoms with Gasteiger partial charge in [0.2, 0.25) is 0 Å². The molecule has 1 saturated carbocycles. The lowest BCUT2D eigenvalue weighted by molar-refractivity contribution is 0.649. The molecule has 0 bridgehead atoms. The van der Waals surface area contributed by atoms with Crippen LogP contribution in [0.15, 0.2) is 67.5 Å². The number of imidazole rings is 1.